The Morgan fingerprint density at radius 3 is 1.63 bits per heavy atom. The van der Waals surface area contributed by atoms with E-state index in [0.29, 0.717) is 0 Å². The van der Waals surface area contributed by atoms with Gasteiger partial charge in [0.1, 0.15) is 0 Å². The highest BCUT2D eigenvalue weighted by Crippen LogP contribution is 2.50. The summed E-state index contributed by atoms with van der Waals surface area (Å²) in [5.74, 6) is 0. The van der Waals surface area contributed by atoms with Crippen LogP contribution in [0.3, 0.4) is 0 Å². The van der Waals surface area contributed by atoms with Crippen molar-refractivity contribution in [2.75, 3.05) is 4.90 Å². The molecule has 0 saturated carbocycles. The van der Waals surface area contributed by atoms with E-state index >= 15 is 0 Å². The van der Waals surface area contributed by atoms with Crippen molar-refractivity contribution in [3.63, 3.8) is 0 Å². The average molecular weight is 657 g/mol. The molecule has 246 valence electrons. The van der Waals surface area contributed by atoms with Gasteiger partial charge in [-0.05, 0) is 119 Å². The SMILES string of the molecule is Cc1c(C)n(-c2ccc(-c3ccc(N(c4ccc(-c5ccccc5)cc4)c4ccc5c(c4)C(C)(C)c4ccccc4-5)cc3)cc2)c2ccccc12. The van der Waals surface area contributed by atoms with Gasteiger partial charge in [-0.15, -0.1) is 0 Å². The lowest BCUT2D eigenvalue weighted by Crippen LogP contribution is -2.16. The van der Waals surface area contributed by atoms with Crippen LogP contribution >= 0.6 is 0 Å². The van der Waals surface area contributed by atoms with E-state index < -0.39 is 0 Å². The molecule has 9 rings (SSSR count). The van der Waals surface area contributed by atoms with Crippen molar-refractivity contribution in [3.05, 3.63) is 192 Å². The van der Waals surface area contributed by atoms with Gasteiger partial charge in [0, 0.05) is 39.2 Å². The Hall–Kier alpha value is -6.12. The number of para-hydroxylation sites is 1. The van der Waals surface area contributed by atoms with Gasteiger partial charge in [-0.3, -0.25) is 0 Å². The molecule has 0 N–H and O–H groups in total. The predicted molar refractivity (Wildman–Crippen MR) is 216 cm³/mol. The van der Waals surface area contributed by atoms with Gasteiger partial charge in [-0.2, -0.15) is 0 Å². The Kier molecular flexibility index (Phi) is 7.29. The lowest BCUT2D eigenvalue weighted by Gasteiger charge is -2.28. The van der Waals surface area contributed by atoms with Crippen molar-refractivity contribution in [3.8, 4) is 39.1 Å². The van der Waals surface area contributed by atoms with E-state index in [0.717, 1.165) is 17.1 Å². The minimum absolute atomic E-state index is 0.0784. The molecular formula is C49H40N2. The lowest BCUT2D eigenvalue weighted by atomic mass is 9.82. The molecule has 0 radical (unpaired) electrons. The summed E-state index contributed by atoms with van der Waals surface area (Å²) in [6, 6.07) is 62.1. The molecular weight excluding hydrogens is 617 g/mol. The molecule has 0 fully saturated rings. The summed E-state index contributed by atoms with van der Waals surface area (Å²) in [5, 5.41) is 1.31. The first-order chi connectivity index (χ1) is 24.9. The maximum Gasteiger partial charge on any atom is 0.0534 e. The second-order valence-corrected chi connectivity index (χ2v) is 14.3. The second kappa shape index (κ2) is 12.0. The Morgan fingerprint density at radius 2 is 0.961 bits per heavy atom. The minimum Gasteiger partial charge on any atom is -0.314 e. The van der Waals surface area contributed by atoms with Gasteiger partial charge in [-0.25, -0.2) is 0 Å². The first kappa shape index (κ1) is 30.9. The summed E-state index contributed by atoms with van der Waals surface area (Å²) in [7, 11) is 0. The van der Waals surface area contributed by atoms with Crippen LogP contribution in [0, 0.1) is 13.8 Å². The fourth-order valence-electron chi connectivity index (χ4n) is 8.18. The van der Waals surface area contributed by atoms with Crippen molar-refractivity contribution in [1.29, 1.82) is 0 Å². The van der Waals surface area contributed by atoms with E-state index in [1.807, 2.05) is 0 Å². The largest absolute Gasteiger partial charge is 0.314 e. The molecule has 1 aliphatic rings. The topological polar surface area (TPSA) is 8.17 Å². The molecule has 0 saturated heterocycles. The molecule has 1 aromatic heterocycles. The first-order valence-corrected chi connectivity index (χ1v) is 17.9. The van der Waals surface area contributed by atoms with Crippen LogP contribution in [0.25, 0.3) is 50.0 Å². The van der Waals surface area contributed by atoms with E-state index in [-0.39, 0.29) is 5.41 Å². The Morgan fingerprint density at radius 1 is 0.451 bits per heavy atom. The molecule has 7 aromatic carbocycles. The van der Waals surface area contributed by atoms with Crippen molar-refractivity contribution >= 4 is 28.0 Å². The maximum atomic E-state index is 2.40. The summed E-state index contributed by atoms with van der Waals surface area (Å²) in [6.07, 6.45) is 0. The Balaban J connectivity index is 1.09. The zero-order chi connectivity index (χ0) is 34.7. The van der Waals surface area contributed by atoms with Crippen LogP contribution in [0.15, 0.2) is 170 Å². The number of aryl methyl sites for hydroxylation is 1. The van der Waals surface area contributed by atoms with Crippen molar-refractivity contribution in [1.82, 2.24) is 4.57 Å². The molecule has 0 unspecified atom stereocenters. The number of aromatic nitrogens is 1. The number of rotatable bonds is 6. The predicted octanol–water partition coefficient (Wildman–Crippen LogP) is 13.4. The fourth-order valence-corrected chi connectivity index (χ4v) is 8.18. The highest BCUT2D eigenvalue weighted by atomic mass is 15.1. The summed E-state index contributed by atoms with van der Waals surface area (Å²) in [4.78, 5) is 2.39. The van der Waals surface area contributed by atoms with Gasteiger partial charge < -0.3 is 9.47 Å². The number of anilines is 3. The number of benzene rings is 7. The molecule has 51 heavy (non-hydrogen) atoms. The number of hydrogen-bond donors (Lipinski definition) is 0. The van der Waals surface area contributed by atoms with E-state index in [4.69, 9.17) is 0 Å². The molecule has 2 heteroatoms. The highest BCUT2D eigenvalue weighted by Gasteiger charge is 2.35. The maximum absolute atomic E-state index is 2.40. The molecule has 1 aliphatic carbocycles. The summed E-state index contributed by atoms with van der Waals surface area (Å²) in [5.41, 5.74) is 18.6. The molecule has 1 heterocycles. The smallest absolute Gasteiger partial charge is 0.0534 e. The van der Waals surface area contributed by atoms with Crippen LogP contribution in [-0.2, 0) is 5.41 Å². The lowest BCUT2D eigenvalue weighted by molar-refractivity contribution is 0.660. The molecule has 2 nitrogen and oxygen atoms in total. The van der Waals surface area contributed by atoms with Gasteiger partial charge in [0.15, 0.2) is 0 Å². The van der Waals surface area contributed by atoms with Gasteiger partial charge in [0.05, 0.1) is 5.52 Å². The van der Waals surface area contributed by atoms with Crippen LogP contribution < -0.4 is 4.90 Å². The first-order valence-electron chi connectivity index (χ1n) is 17.9. The van der Waals surface area contributed by atoms with Crippen molar-refractivity contribution < 1.29 is 0 Å². The Labute approximate surface area is 300 Å². The van der Waals surface area contributed by atoms with Crippen molar-refractivity contribution in [2.24, 2.45) is 0 Å². The van der Waals surface area contributed by atoms with E-state index in [1.165, 1.54) is 72.4 Å². The molecule has 8 aromatic rings. The minimum atomic E-state index is -0.0784. The highest BCUT2D eigenvalue weighted by molar-refractivity contribution is 5.88. The van der Waals surface area contributed by atoms with Crippen LogP contribution in [0.1, 0.15) is 36.2 Å². The number of nitrogens with zero attached hydrogens (tertiary/aromatic N) is 2. The molecule has 0 bridgehead atoms. The Bertz CT molecular complexity index is 2540. The van der Waals surface area contributed by atoms with Gasteiger partial charge in [0.25, 0.3) is 0 Å². The van der Waals surface area contributed by atoms with E-state index in [2.05, 4.69) is 207 Å². The average Bonchev–Trinajstić information content (AvgIpc) is 3.57. The van der Waals surface area contributed by atoms with Crippen LogP contribution in [-0.4, -0.2) is 4.57 Å². The van der Waals surface area contributed by atoms with Crippen LogP contribution in [0.5, 0.6) is 0 Å². The number of hydrogen-bond acceptors (Lipinski definition) is 1. The summed E-state index contributed by atoms with van der Waals surface area (Å²) in [6.45, 7) is 9.13. The monoisotopic (exact) mass is 656 g/mol. The van der Waals surface area contributed by atoms with E-state index in [9.17, 15) is 0 Å². The van der Waals surface area contributed by atoms with Crippen LogP contribution in [0.4, 0.5) is 17.1 Å². The standard InChI is InChI=1S/C49H40N2/c1-33-34(2)50(48-17-11-9-14-43(33)48)39-24-18-37(19-25-39)38-22-28-41(29-23-38)51(40-26-20-36(21-27-40)35-12-6-5-7-13-35)42-30-31-45-44-15-8-10-16-46(44)49(3,4)47(45)32-42/h5-32H,1-4H3. The third-order valence-corrected chi connectivity index (χ3v) is 11.1. The van der Waals surface area contributed by atoms with Gasteiger partial charge >= 0.3 is 0 Å². The number of fused-ring (bicyclic) bond motifs is 4. The third-order valence-electron chi connectivity index (χ3n) is 11.1. The van der Waals surface area contributed by atoms with E-state index in [1.54, 1.807) is 0 Å². The summed E-state index contributed by atoms with van der Waals surface area (Å²) < 4.78 is 2.37. The summed E-state index contributed by atoms with van der Waals surface area (Å²) >= 11 is 0. The van der Waals surface area contributed by atoms with Crippen LogP contribution in [0.2, 0.25) is 0 Å². The molecule has 0 atom stereocenters. The zero-order valence-electron chi connectivity index (χ0n) is 29.6. The molecule has 0 spiro atoms. The fraction of sp³-hybridized carbons (Fsp3) is 0.102. The second-order valence-electron chi connectivity index (χ2n) is 14.3. The normalized spacial score (nSPS) is 12.9. The molecule has 0 aliphatic heterocycles. The van der Waals surface area contributed by atoms with Gasteiger partial charge in [-0.1, -0.05) is 129 Å². The van der Waals surface area contributed by atoms with Crippen molar-refractivity contribution in [2.45, 2.75) is 33.1 Å². The van der Waals surface area contributed by atoms with Gasteiger partial charge in [0.2, 0.25) is 0 Å². The third kappa shape index (κ3) is 5.10. The zero-order valence-corrected chi connectivity index (χ0v) is 29.6. The molecule has 0 amide bonds. The quantitative estimate of drug-likeness (QED) is 0.173.